The molecule has 1 atom stereocenters. The molecule has 0 bridgehead atoms. The Labute approximate surface area is 118 Å². The summed E-state index contributed by atoms with van der Waals surface area (Å²) in [6.07, 6.45) is 3.57. The van der Waals surface area contributed by atoms with Crippen LogP contribution in [0, 0.1) is 0 Å². The molecule has 0 aliphatic carbocycles. The number of nitrogen functional groups attached to an aromatic ring is 1. The molecular weight excluding hydrogens is 260 g/mol. The summed E-state index contributed by atoms with van der Waals surface area (Å²) < 4.78 is 4.17. The number of piperidine rings is 1. The standard InChI is InChI=1S/C13H22N4OS/c1-8(2)15-12(18)10-11(14)16-19-13(10)17-7-5-4-6-9(17)3/h8-9H,4-7H2,1-3H3,(H2,14,16)(H,15,18). The lowest BCUT2D eigenvalue weighted by Crippen LogP contribution is -2.39. The van der Waals surface area contributed by atoms with E-state index < -0.39 is 0 Å². The van der Waals surface area contributed by atoms with Crippen LogP contribution in [-0.2, 0) is 0 Å². The smallest absolute Gasteiger partial charge is 0.258 e. The number of hydrogen-bond acceptors (Lipinski definition) is 5. The van der Waals surface area contributed by atoms with Crippen molar-refractivity contribution in [3.8, 4) is 0 Å². The number of carbonyl (C=O) groups excluding carboxylic acids is 1. The molecule has 1 aliphatic heterocycles. The van der Waals surface area contributed by atoms with Gasteiger partial charge in [-0.15, -0.1) is 0 Å². The van der Waals surface area contributed by atoms with Gasteiger partial charge in [-0.3, -0.25) is 4.79 Å². The first-order chi connectivity index (χ1) is 9.00. The third-order valence-electron chi connectivity index (χ3n) is 3.41. The van der Waals surface area contributed by atoms with E-state index in [0.717, 1.165) is 24.4 Å². The molecule has 2 heterocycles. The fourth-order valence-electron chi connectivity index (χ4n) is 2.44. The number of rotatable bonds is 3. The maximum absolute atomic E-state index is 12.3. The van der Waals surface area contributed by atoms with Gasteiger partial charge in [0.05, 0.1) is 0 Å². The van der Waals surface area contributed by atoms with Crippen LogP contribution in [0.4, 0.5) is 10.8 Å². The molecule has 1 unspecified atom stereocenters. The van der Waals surface area contributed by atoms with Gasteiger partial charge >= 0.3 is 0 Å². The van der Waals surface area contributed by atoms with Crippen LogP contribution in [-0.4, -0.2) is 28.9 Å². The summed E-state index contributed by atoms with van der Waals surface area (Å²) in [6, 6.07) is 0.539. The molecule has 1 aromatic rings. The fourth-order valence-corrected chi connectivity index (χ4v) is 3.38. The zero-order valence-corrected chi connectivity index (χ0v) is 12.6. The average Bonchev–Trinajstić information content (AvgIpc) is 2.70. The van der Waals surface area contributed by atoms with Gasteiger partial charge in [0.25, 0.3) is 5.91 Å². The highest BCUT2D eigenvalue weighted by atomic mass is 32.1. The van der Waals surface area contributed by atoms with Gasteiger partial charge < -0.3 is 16.0 Å². The summed E-state index contributed by atoms with van der Waals surface area (Å²) in [6.45, 7) is 7.05. The summed E-state index contributed by atoms with van der Waals surface area (Å²) in [5.41, 5.74) is 6.43. The Morgan fingerprint density at radius 1 is 1.53 bits per heavy atom. The summed E-state index contributed by atoms with van der Waals surface area (Å²) in [4.78, 5) is 14.5. The average molecular weight is 282 g/mol. The Morgan fingerprint density at radius 2 is 2.26 bits per heavy atom. The molecule has 106 valence electrons. The SMILES string of the molecule is CC(C)NC(=O)c1c(N)nsc1N1CCCCC1C. The van der Waals surface area contributed by atoms with E-state index in [-0.39, 0.29) is 11.9 Å². The van der Waals surface area contributed by atoms with E-state index in [9.17, 15) is 4.79 Å². The van der Waals surface area contributed by atoms with Crippen LogP contribution in [0.25, 0.3) is 0 Å². The highest BCUT2D eigenvalue weighted by Crippen LogP contribution is 2.34. The van der Waals surface area contributed by atoms with Gasteiger partial charge in [0.15, 0.2) is 5.82 Å². The molecular formula is C13H22N4OS. The van der Waals surface area contributed by atoms with Crippen LogP contribution in [0.15, 0.2) is 0 Å². The fraction of sp³-hybridized carbons (Fsp3) is 0.692. The quantitative estimate of drug-likeness (QED) is 0.892. The Bertz CT molecular complexity index is 457. The second kappa shape index (κ2) is 5.77. The van der Waals surface area contributed by atoms with Gasteiger partial charge in [-0.2, -0.15) is 4.37 Å². The van der Waals surface area contributed by atoms with E-state index in [1.807, 2.05) is 13.8 Å². The second-order valence-corrected chi connectivity index (χ2v) is 6.17. The van der Waals surface area contributed by atoms with Crippen LogP contribution >= 0.6 is 11.5 Å². The minimum absolute atomic E-state index is 0.0958. The van der Waals surface area contributed by atoms with Crippen LogP contribution in [0.3, 0.4) is 0 Å². The molecule has 1 saturated heterocycles. The van der Waals surface area contributed by atoms with Crippen molar-refractivity contribution in [2.24, 2.45) is 0 Å². The lowest BCUT2D eigenvalue weighted by Gasteiger charge is -2.34. The monoisotopic (exact) mass is 282 g/mol. The normalized spacial score (nSPS) is 19.8. The zero-order valence-electron chi connectivity index (χ0n) is 11.8. The molecule has 19 heavy (non-hydrogen) atoms. The van der Waals surface area contributed by atoms with Crippen molar-refractivity contribution in [3.05, 3.63) is 5.56 Å². The van der Waals surface area contributed by atoms with Crippen molar-refractivity contribution in [1.82, 2.24) is 9.69 Å². The van der Waals surface area contributed by atoms with Crippen LogP contribution in [0.2, 0.25) is 0 Å². The van der Waals surface area contributed by atoms with Crippen molar-refractivity contribution in [2.75, 3.05) is 17.2 Å². The molecule has 1 amide bonds. The highest BCUT2D eigenvalue weighted by Gasteiger charge is 2.27. The first-order valence-corrected chi connectivity index (χ1v) is 7.60. The highest BCUT2D eigenvalue weighted by molar-refractivity contribution is 7.11. The van der Waals surface area contributed by atoms with Crippen LogP contribution in [0.5, 0.6) is 0 Å². The van der Waals surface area contributed by atoms with E-state index in [0.29, 0.717) is 17.4 Å². The Kier molecular flexibility index (Phi) is 4.29. The van der Waals surface area contributed by atoms with Crippen molar-refractivity contribution >= 4 is 28.3 Å². The van der Waals surface area contributed by atoms with Gasteiger partial charge in [0.1, 0.15) is 10.6 Å². The molecule has 1 fully saturated rings. The Hall–Kier alpha value is -1.30. The predicted octanol–water partition coefficient (Wildman–Crippen LogP) is 2.24. The van der Waals surface area contributed by atoms with Crippen LogP contribution < -0.4 is 16.0 Å². The van der Waals surface area contributed by atoms with E-state index in [4.69, 9.17) is 5.73 Å². The van der Waals surface area contributed by atoms with Gasteiger partial charge in [-0.05, 0) is 51.6 Å². The van der Waals surface area contributed by atoms with Gasteiger partial charge in [-0.1, -0.05) is 0 Å². The molecule has 0 spiro atoms. The second-order valence-electron chi connectivity index (χ2n) is 5.41. The molecule has 5 nitrogen and oxygen atoms in total. The maximum Gasteiger partial charge on any atom is 0.258 e. The van der Waals surface area contributed by atoms with E-state index in [1.54, 1.807) is 0 Å². The number of anilines is 2. The molecule has 3 N–H and O–H groups in total. The van der Waals surface area contributed by atoms with E-state index >= 15 is 0 Å². The topological polar surface area (TPSA) is 71.2 Å². The predicted molar refractivity (Wildman–Crippen MR) is 79.8 cm³/mol. The third kappa shape index (κ3) is 3.00. The zero-order chi connectivity index (χ0) is 14.0. The first kappa shape index (κ1) is 14.1. The maximum atomic E-state index is 12.3. The number of aromatic nitrogens is 1. The number of carbonyl (C=O) groups is 1. The van der Waals surface area contributed by atoms with Crippen molar-refractivity contribution < 1.29 is 4.79 Å². The lowest BCUT2D eigenvalue weighted by atomic mass is 10.0. The summed E-state index contributed by atoms with van der Waals surface area (Å²) in [5, 5.41) is 3.82. The molecule has 0 saturated carbocycles. The van der Waals surface area contributed by atoms with Crippen molar-refractivity contribution in [3.63, 3.8) is 0 Å². The number of nitrogens with one attached hydrogen (secondary N) is 1. The minimum atomic E-state index is -0.117. The summed E-state index contributed by atoms with van der Waals surface area (Å²) in [7, 11) is 0. The minimum Gasteiger partial charge on any atom is -0.382 e. The van der Waals surface area contributed by atoms with E-state index in [1.165, 1.54) is 18.0 Å². The third-order valence-corrected chi connectivity index (χ3v) is 4.31. The Balaban J connectivity index is 2.28. The van der Waals surface area contributed by atoms with Crippen molar-refractivity contribution in [2.45, 2.75) is 52.1 Å². The summed E-state index contributed by atoms with van der Waals surface area (Å²) >= 11 is 1.33. The van der Waals surface area contributed by atoms with Crippen LogP contribution in [0.1, 0.15) is 50.4 Å². The number of hydrogen-bond donors (Lipinski definition) is 2. The molecule has 0 radical (unpaired) electrons. The molecule has 1 aliphatic rings. The van der Waals surface area contributed by atoms with E-state index in [2.05, 4.69) is 21.5 Å². The first-order valence-electron chi connectivity index (χ1n) is 6.83. The number of nitrogens with two attached hydrogens (primary N) is 1. The molecule has 2 rings (SSSR count). The van der Waals surface area contributed by atoms with Gasteiger partial charge in [0, 0.05) is 18.6 Å². The van der Waals surface area contributed by atoms with Gasteiger partial charge in [-0.25, -0.2) is 0 Å². The molecule has 6 heteroatoms. The number of amides is 1. The van der Waals surface area contributed by atoms with Gasteiger partial charge in [0.2, 0.25) is 0 Å². The largest absolute Gasteiger partial charge is 0.382 e. The lowest BCUT2D eigenvalue weighted by molar-refractivity contribution is 0.0944. The molecule has 0 aromatic carbocycles. The van der Waals surface area contributed by atoms with Crippen molar-refractivity contribution in [1.29, 1.82) is 0 Å². The molecule has 1 aromatic heterocycles. The summed E-state index contributed by atoms with van der Waals surface area (Å²) in [5.74, 6) is 0.227. The Morgan fingerprint density at radius 3 is 2.89 bits per heavy atom. The number of nitrogens with zero attached hydrogens (tertiary/aromatic N) is 2.